The zero-order valence-electron chi connectivity index (χ0n) is 12.9. The zero-order chi connectivity index (χ0) is 15.5. The molecule has 3 rings (SSSR count). The molecule has 0 unspecified atom stereocenters. The first-order chi connectivity index (χ1) is 10.6. The van der Waals surface area contributed by atoms with Crippen molar-refractivity contribution in [3.05, 3.63) is 65.5 Å². The summed E-state index contributed by atoms with van der Waals surface area (Å²) in [6.45, 7) is 5.96. The Kier molecular flexibility index (Phi) is 3.92. The van der Waals surface area contributed by atoms with Crippen molar-refractivity contribution in [1.82, 2.24) is 10.1 Å². The Morgan fingerprint density at radius 2 is 1.73 bits per heavy atom. The van der Waals surface area contributed by atoms with Crippen LogP contribution < -0.4 is 4.74 Å². The number of benzene rings is 2. The highest BCUT2D eigenvalue weighted by molar-refractivity contribution is 5.55. The van der Waals surface area contributed by atoms with Crippen LogP contribution in [0.3, 0.4) is 0 Å². The fourth-order valence-corrected chi connectivity index (χ4v) is 2.24. The highest BCUT2D eigenvalue weighted by Crippen LogP contribution is 2.24. The van der Waals surface area contributed by atoms with E-state index in [4.69, 9.17) is 9.26 Å². The minimum atomic E-state index is -0.298. The van der Waals surface area contributed by atoms with Gasteiger partial charge in [0, 0.05) is 5.56 Å². The van der Waals surface area contributed by atoms with Gasteiger partial charge in [-0.2, -0.15) is 4.98 Å². The van der Waals surface area contributed by atoms with Crippen LogP contribution in [-0.2, 0) is 0 Å². The van der Waals surface area contributed by atoms with Gasteiger partial charge in [0.2, 0.25) is 5.82 Å². The van der Waals surface area contributed by atoms with E-state index in [-0.39, 0.29) is 6.10 Å². The van der Waals surface area contributed by atoms with Crippen molar-refractivity contribution in [3.8, 4) is 17.1 Å². The third-order valence-corrected chi connectivity index (χ3v) is 3.37. The normalized spacial score (nSPS) is 12.1. The number of ether oxygens (including phenoxy) is 1. The molecule has 22 heavy (non-hydrogen) atoms. The van der Waals surface area contributed by atoms with Gasteiger partial charge in [-0.3, -0.25) is 0 Å². The fraction of sp³-hybridized carbons (Fsp3) is 0.222. The van der Waals surface area contributed by atoms with Crippen LogP contribution in [0.2, 0.25) is 0 Å². The molecule has 4 nitrogen and oxygen atoms in total. The molecule has 3 aromatic rings. The molecular weight excluding hydrogens is 276 g/mol. The first kappa shape index (κ1) is 14.3. The van der Waals surface area contributed by atoms with E-state index < -0.39 is 0 Å². The summed E-state index contributed by atoms with van der Waals surface area (Å²) in [6.07, 6.45) is -0.298. The summed E-state index contributed by atoms with van der Waals surface area (Å²) < 4.78 is 11.2. The van der Waals surface area contributed by atoms with E-state index in [2.05, 4.69) is 10.1 Å². The lowest BCUT2D eigenvalue weighted by atomic mass is 10.1. The second-order valence-corrected chi connectivity index (χ2v) is 5.40. The van der Waals surface area contributed by atoms with Crippen molar-refractivity contribution in [3.63, 3.8) is 0 Å². The first-order valence-corrected chi connectivity index (χ1v) is 7.26. The summed E-state index contributed by atoms with van der Waals surface area (Å²) in [6, 6.07) is 15.9. The van der Waals surface area contributed by atoms with Crippen molar-refractivity contribution in [2.24, 2.45) is 0 Å². The predicted molar refractivity (Wildman–Crippen MR) is 84.7 cm³/mol. The van der Waals surface area contributed by atoms with E-state index in [0.29, 0.717) is 11.7 Å². The number of aromatic nitrogens is 2. The maximum atomic E-state index is 5.86. The molecule has 0 aliphatic heterocycles. The molecule has 0 radical (unpaired) electrons. The molecule has 0 saturated carbocycles. The summed E-state index contributed by atoms with van der Waals surface area (Å²) >= 11 is 0. The third kappa shape index (κ3) is 3.17. The number of hydrogen-bond acceptors (Lipinski definition) is 4. The number of nitrogens with zero attached hydrogens (tertiary/aromatic N) is 2. The summed E-state index contributed by atoms with van der Waals surface area (Å²) in [4.78, 5) is 4.44. The van der Waals surface area contributed by atoms with Crippen molar-refractivity contribution in [2.75, 3.05) is 0 Å². The lowest BCUT2D eigenvalue weighted by Crippen LogP contribution is -2.03. The van der Waals surface area contributed by atoms with E-state index >= 15 is 0 Å². The molecular formula is C18H18N2O2. The second-order valence-electron chi connectivity index (χ2n) is 5.40. The molecule has 0 saturated heterocycles. The van der Waals surface area contributed by atoms with Crippen molar-refractivity contribution in [2.45, 2.75) is 26.9 Å². The van der Waals surface area contributed by atoms with E-state index in [1.54, 1.807) is 0 Å². The van der Waals surface area contributed by atoms with Crippen LogP contribution in [0.5, 0.6) is 5.75 Å². The van der Waals surface area contributed by atoms with Gasteiger partial charge in [-0.05, 0) is 44.5 Å². The number of rotatable bonds is 4. The third-order valence-electron chi connectivity index (χ3n) is 3.37. The minimum Gasteiger partial charge on any atom is -0.481 e. The molecule has 0 aliphatic carbocycles. The topological polar surface area (TPSA) is 48.2 Å². The average Bonchev–Trinajstić information content (AvgIpc) is 2.97. The van der Waals surface area contributed by atoms with Crippen molar-refractivity contribution in [1.29, 1.82) is 0 Å². The molecule has 1 aromatic heterocycles. The largest absolute Gasteiger partial charge is 0.481 e. The average molecular weight is 294 g/mol. The Balaban J connectivity index is 1.78. The molecule has 0 aliphatic rings. The van der Waals surface area contributed by atoms with Gasteiger partial charge < -0.3 is 9.26 Å². The lowest BCUT2D eigenvalue weighted by Gasteiger charge is -2.10. The van der Waals surface area contributed by atoms with Gasteiger partial charge in [0.15, 0.2) is 6.10 Å². The molecule has 0 fully saturated rings. The lowest BCUT2D eigenvalue weighted by molar-refractivity contribution is 0.175. The van der Waals surface area contributed by atoms with Gasteiger partial charge in [0.05, 0.1) is 0 Å². The van der Waals surface area contributed by atoms with E-state index in [1.807, 2.05) is 69.3 Å². The maximum Gasteiger partial charge on any atom is 0.267 e. The Hall–Kier alpha value is -2.62. The Morgan fingerprint density at radius 3 is 2.45 bits per heavy atom. The molecule has 0 spiro atoms. The Morgan fingerprint density at radius 1 is 1.00 bits per heavy atom. The molecule has 1 heterocycles. The first-order valence-electron chi connectivity index (χ1n) is 7.26. The van der Waals surface area contributed by atoms with Crippen LogP contribution in [0, 0.1) is 13.8 Å². The number of hydrogen-bond donors (Lipinski definition) is 0. The molecule has 0 bridgehead atoms. The monoisotopic (exact) mass is 294 g/mol. The van der Waals surface area contributed by atoms with Gasteiger partial charge >= 0.3 is 0 Å². The smallest absolute Gasteiger partial charge is 0.267 e. The van der Waals surface area contributed by atoms with Crippen LogP contribution in [0.4, 0.5) is 0 Å². The highest BCUT2D eigenvalue weighted by Gasteiger charge is 2.17. The van der Waals surface area contributed by atoms with Crippen LogP contribution >= 0.6 is 0 Å². The second kappa shape index (κ2) is 6.02. The molecule has 4 heteroatoms. The van der Waals surface area contributed by atoms with Gasteiger partial charge in [-0.1, -0.05) is 41.1 Å². The SMILES string of the molecule is Cc1cccc(O[C@@H](C)c2nc(-c3cccc(C)c3)no2)c1. The van der Waals surface area contributed by atoms with Crippen molar-refractivity contribution >= 4 is 0 Å². The zero-order valence-corrected chi connectivity index (χ0v) is 12.9. The van der Waals surface area contributed by atoms with Crippen molar-refractivity contribution < 1.29 is 9.26 Å². The predicted octanol–water partition coefficient (Wildman–Crippen LogP) is 4.49. The van der Waals surface area contributed by atoms with Gasteiger partial charge in [-0.15, -0.1) is 0 Å². The summed E-state index contributed by atoms with van der Waals surface area (Å²) in [5.41, 5.74) is 3.25. The highest BCUT2D eigenvalue weighted by atomic mass is 16.5. The Labute approximate surface area is 129 Å². The molecule has 112 valence electrons. The summed E-state index contributed by atoms with van der Waals surface area (Å²) in [5.74, 6) is 1.85. The molecule has 0 N–H and O–H groups in total. The molecule has 2 aromatic carbocycles. The summed E-state index contributed by atoms with van der Waals surface area (Å²) in [5, 5.41) is 4.04. The standard InChI is InChI=1S/C18H18N2O2/c1-12-6-4-8-15(10-12)17-19-18(22-20-17)14(3)21-16-9-5-7-13(2)11-16/h4-11,14H,1-3H3/t14-/m0/s1. The fourth-order valence-electron chi connectivity index (χ4n) is 2.24. The van der Waals surface area contributed by atoms with Gasteiger partial charge in [0.1, 0.15) is 5.75 Å². The quantitative estimate of drug-likeness (QED) is 0.711. The van der Waals surface area contributed by atoms with E-state index in [1.165, 1.54) is 0 Å². The Bertz CT molecular complexity index is 780. The van der Waals surface area contributed by atoms with Crippen LogP contribution in [0.25, 0.3) is 11.4 Å². The number of aryl methyl sites for hydroxylation is 2. The molecule has 1 atom stereocenters. The summed E-state index contributed by atoms with van der Waals surface area (Å²) in [7, 11) is 0. The van der Waals surface area contributed by atoms with Gasteiger partial charge in [0.25, 0.3) is 5.89 Å². The van der Waals surface area contributed by atoms with Crippen LogP contribution in [0.1, 0.15) is 30.0 Å². The van der Waals surface area contributed by atoms with Gasteiger partial charge in [-0.25, -0.2) is 0 Å². The molecule has 0 amide bonds. The van der Waals surface area contributed by atoms with E-state index in [9.17, 15) is 0 Å². The van der Waals surface area contributed by atoms with E-state index in [0.717, 1.165) is 22.4 Å². The maximum absolute atomic E-state index is 5.86. The van der Waals surface area contributed by atoms with Crippen LogP contribution in [0.15, 0.2) is 53.1 Å². The minimum absolute atomic E-state index is 0.298. The van der Waals surface area contributed by atoms with Crippen LogP contribution in [-0.4, -0.2) is 10.1 Å².